The smallest absolute Gasteiger partial charge is 0.303 e. The second-order valence-corrected chi connectivity index (χ2v) is 13.7. The van der Waals surface area contributed by atoms with Crippen LogP contribution in [-0.4, -0.2) is 63.8 Å². The summed E-state index contributed by atoms with van der Waals surface area (Å²) in [5.41, 5.74) is 2.13. The molecule has 0 N–H and O–H groups in total. The third-order valence-electron chi connectivity index (χ3n) is 9.22. The molecule has 8 heteroatoms. The molecule has 0 fully saturated rings. The highest BCUT2D eigenvalue weighted by Crippen LogP contribution is 2.43. The molecular weight excluding hydrogens is 632 g/mol. The quantitative estimate of drug-likeness (QED) is 0.0677. The molecule has 0 aliphatic heterocycles. The van der Waals surface area contributed by atoms with Crippen LogP contribution in [0.3, 0.4) is 0 Å². The fourth-order valence-corrected chi connectivity index (χ4v) is 6.27. The molecule has 0 amide bonds. The second-order valence-electron chi connectivity index (χ2n) is 13.7. The van der Waals surface area contributed by atoms with Crippen LogP contribution in [-0.2, 0) is 28.5 Å². The number of ether oxygens (including phenoxy) is 6. The van der Waals surface area contributed by atoms with Gasteiger partial charge >= 0.3 is 11.9 Å². The molecule has 0 saturated carbocycles. The van der Waals surface area contributed by atoms with Gasteiger partial charge in [0.1, 0.15) is 24.7 Å². The first-order valence-electron chi connectivity index (χ1n) is 18.8. The molecule has 4 atom stereocenters. The van der Waals surface area contributed by atoms with Crippen molar-refractivity contribution in [1.82, 2.24) is 0 Å². The molecule has 0 aromatic heterocycles. The lowest BCUT2D eigenvalue weighted by atomic mass is 9.97. The van der Waals surface area contributed by atoms with Crippen molar-refractivity contribution in [3.05, 3.63) is 47.5 Å². The number of rotatable bonds is 24. The van der Waals surface area contributed by atoms with Gasteiger partial charge in [0.15, 0.2) is 12.2 Å². The van der Waals surface area contributed by atoms with Gasteiger partial charge in [-0.1, -0.05) is 102 Å². The van der Waals surface area contributed by atoms with Gasteiger partial charge in [0, 0.05) is 48.6 Å². The van der Waals surface area contributed by atoms with Gasteiger partial charge in [-0.2, -0.15) is 0 Å². The average molecular weight is 695 g/mol. The predicted molar refractivity (Wildman–Crippen MR) is 201 cm³/mol. The molecule has 0 radical (unpaired) electrons. The number of carbonyl (C=O) groups excluding carboxylic acids is 2. The Morgan fingerprint density at radius 1 is 0.560 bits per heavy atom. The van der Waals surface area contributed by atoms with Crippen LogP contribution in [0.25, 0.3) is 21.5 Å². The van der Waals surface area contributed by atoms with Crippen molar-refractivity contribution in [2.45, 2.75) is 119 Å². The molecule has 0 saturated heterocycles. The zero-order chi connectivity index (χ0) is 36.5. The van der Waals surface area contributed by atoms with Gasteiger partial charge in [0.25, 0.3) is 0 Å². The van der Waals surface area contributed by atoms with Crippen LogP contribution in [0.15, 0.2) is 36.4 Å². The van der Waals surface area contributed by atoms with Crippen molar-refractivity contribution in [3.63, 3.8) is 0 Å². The molecule has 3 aromatic carbocycles. The molecule has 278 valence electrons. The van der Waals surface area contributed by atoms with E-state index in [4.69, 9.17) is 28.4 Å². The Balaban J connectivity index is 1.89. The molecule has 8 nitrogen and oxygen atoms in total. The van der Waals surface area contributed by atoms with Gasteiger partial charge < -0.3 is 28.4 Å². The SMILES string of the molecule is CCCCC(CC)COCC(COc1c2ccc(C)cc2c(OCC(COCC(CC)CCCC)OC(C)=O)c2ccc(C)cc12)OC(C)=O. The van der Waals surface area contributed by atoms with E-state index in [1.165, 1.54) is 26.7 Å². The van der Waals surface area contributed by atoms with Crippen LogP contribution in [0.4, 0.5) is 0 Å². The fraction of sp³-hybridized carbons (Fsp3) is 0.619. The standard InChI is InChI=1S/C42H62O8/c1-9-13-15-33(11-3)23-45-25-35(49-31(7)43)27-47-41-37-19-17-30(6)22-40(37)42(38-20-18-29(5)21-39(38)41)48-28-36(50-32(8)44)26-46-24-34(12-4)16-14-10-2/h17-22,33-36H,9-16,23-28H2,1-8H3. The highest BCUT2D eigenvalue weighted by atomic mass is 16.6. The summed E-state index contributed by atoms with van der Waals surface area (Å²) in [5, 5.41) is 3.51. The number of fused-ring (bicyclic) bond motifs is 2. The molecule has 0 aliphatic carbocycles. The van der Waals surface area contributed by atoms with Gasteiger partial charge in [0.05, 0.1) is 13.2 Å². The largest absolute Gasteiger partial charge is 0.488 e. The lowest BCUT2D eigenvalue weighted by Crippen LogP contribution is -2.30. The van der Waals surface area contributed by atoms with E-state index in [0.717, 1.165) is 71.2 Å². The van der Waals surface area contributed by atoms with E-state index < -0.39 is 12.2 Å². The van der Waals surface area contributed by atoms with Crippen molar-refractivity contribution in [2.75, 3.05) is 39.6 Å². The molecule has 50 heavy (non-hydrogen) atoms. The maximum atomic E-state index is 12.1. The molecule has 0 bridgehead atoms. The van der Waals surface area contributed by atoms with E-state index >= 15 is 0 Å². The average Bonchev–Trinajstić information content (AvgIpc) is 3.08. The second kappa shape index (κ2) is 21.8. The Kier molecular flexibility index (Phi) is 17.9. The summed E-state index contributed by atoms with van der Waals surface area (Å²) < 4.78 is 36.7. The summed E-state index contributed by atoms with van der Waals surface area (Å²) in [4.78, 5) is 24.1. The number of aryl methyl sites for hydroxylation is 2. The van der Waals surface area contributed by atoms with Crippen molar-refractivity contribution in [2.24, 2.45) is 11.8 Å². The topological polar surface area (TPSA) is 89.5 Å². The first kappa shape index (κ1) is 41.1. The molecule has 0 spiro atoms. The van der Waals surface area contributed by atoms with Gasteiger partial charge in [-0.05, 0) is 50.7 Å². The summed E-state index contributed by atoms with van der Waals surface area (Å²) in [6, 6.07) is 12.3. The molecule has 3 aromatic rings. The van der Waals surface area contributed by atoms with E-state index in [-0.39, 0.29) is 38.4 Å². The van der Waals surface area contributed by atoms with Crippen LogP contribution >= 0.6 is 0 Å². The van der Waals surface area contributed by atoms with Crippen LogP contribution in [0, 0.1) is 25.7 Å². The normalized spacial score (nSPS) is 13.9. The first-order chi connectivity index (χ1) is 24.1. The molecule has 4 unspecified atom stereocenters. The minimum atomic E-state index is -0.564. The lowest BCUT2D eigenvalue weighted by molar-refractivity contribution is -0.152. The van der Waals surface area contributed by atoms with E-state index in [1.54, 1.807) is 0 Å². The Morgan fingerprint density at radius 2 is 0.960 bits per heavy atom. The summed E-state index contributed by atoms with van der Waals surface area (Å²) in [5.74, 6) is 1.59. The lowest BCUT2D eigenvalue weighted by Gasteiger charge is -2.24. The fourth-order valence-electron chi connectivity index (χ4n) is 6.27. The maximum Gasteiger partial charge on any atom is 0.303 e. The number of carbonyl (C=O) groups is 2. The summed E-state index contributed by atoms with van der Waals surface area (Å²) in [7, 11) is 0. The molecule has 3 rings (SSSR count). The third-order valence-corrected chi connectivity index (χ3v) is 9.22. The zero-order valence-electron chi connectivity index (χ0n) is 31.9. The number of benzene rings is 3. The van der Waals surface area contributed by atoms with Gasteiger partial charge in [0.2, 0.25) is 0 Å². The van der Waals surface area contributed by atoms with Gasteiger partial charge in [-0.25, -0.2) is 0 Å². The van der Waals surface area contributed by atoms with E-state index in [2.05, 4.69) is 39.8 Å². The van der Waals surface area contributed by atoms with E-state index in [0.29, 0.717) is 36.5 Å². The Bertz CT molecular complexity index is 1370. The van der Waals surface area contributed by atoms with Crippen molar-refractivity contribution in [3.8, 4) is 11.5 Å². The van der Waals surface area contributed by atoms with Crippen molar-refractivity contribution < 1.29 is 38.0 Å². The number of unbranched alkanes of at least 4 members (excludes halogenated alkanes) is 2. The summed E-state index contributed by atoms with van der Waals surface area (Å²) in [6.07, 6.45) is 7.88. The minimum Gasteiger partial charge on any atom is -0.488 e. The third kappa shape index (κ3) is 13.1. The maximum absolute atomic E-state index is 12.1. The van der Waals surface area contributed by atoms with Gasteiger partial charge in [-0.15, -0.1) is 0 Å². The van der Waals surface area contributed by atoms with E-state index in [9.17, 15) is 9.59 Å². The van der Waals surface area contributed by atoms with E-state index in [1.807, 2.05) is 38.1 Å². The number of hydrogen-bond acceptors (Lipinski definition) is 8. The van der Waals surface area contributed by atoms with Crippen molar-refractivity contribution in [1.29, 1.82) is 0 Å². The first-order valence-corrected chi connectivity index (χ1v) is 18.8. The van der Waals surface area contributed by atoms with Crippen LogP contribution in [0.2, 0.25) is 0 Å². The van der Waals surface area contributed by atoms with Crippen molar-refractivity contribution >= 4 is 33.5 Å². The van der Waals surface area contributed by atoms with Crippen LogP contribution in [0.5, 0.6) is 11.5 Å². The Morgan fingerprint density at radius 3 is 1.30 bits per heavy atom. The summed E-state index contributed by atoms with van der Waals surface area (Å²) in [6.45, 7) is 17.7. The highest BCUT2D eigenvalue weighted by molar-refractivity contribution is 6.11. The van der Waals surface area contributed by atoms with Crippen LogP contribution < -0.4 is 9.47 Å². The Hall–Kier alpha value is -3.36. The highest BCUT2D eigenvalue weighted by Gasteiger charge is 2.22. The molecule has 0 aliphatic rings. The monoisotopic (exact) mass is 694 g/mol. The number of hydrogen-bond donors (Lipinski definition) is 0. The molecule has 0 heterocycles. The Labute approximate surface area is 300 Å². The number of esters is 2. The predicted octanol–water partition coefficient (Wildman–Crippen LogP) is 9.70. The summed E-state index contributed by atoms with van der Waals surface area (Å²) >= 11 is 0. The molecular formula is C42H62O8. The zero-order valence-corrected chi connectivity index (χ0v) is 31.9. The van der Waals surface area contributed by atoms with Gasteiger partial charge in [-0.3, -0.25) is 9.59 Å². The minimum absolute atomic E-state index is 0.139. The van der Waals surface area contributed by atoms with Crippen LogP contribution in [0.1, 0.15) is 104 Å².